The Hall–Kier alpha value is -1.12. The van der Waals surface area contributed by atoms with E-state index in [-0.39, 0.29) is 30.1 Å². The average Bonchev–Trinajstić information content (AvgIpc) is 3.17. The fraction of sp³-hybridized carbons (Fsp3) is 0.500. The van der Waals surface area contributed by atoms with Crippen LogP contribution in [0.3, 0.4) is 0 Å². The van der Waals surface area contributed by atoms with Gasteiger partial charge in [-0.2, -0.15) is 0 Å². The first kappa shape index (κ1) is 23.2. The number of aliphatic imine (C=N–C) groups is 1. The molecule has 0 saturated carbocycles. The molecule has 0 amide bonds. The topological polar surface area (TPSA) is 45.7 Å². The summed E-state index contributed by atoms with van der Waals surface area (Å²) in [7, 11) is 1.83. The van der Waals surface area contributed by atoms with Crippen LogP contribution in [-0.2, 0) is 17.7 Å². The van der Waals surface area contributed by atoms with Crippen molar-refractivity contribution in [2.24, 2.45) is 10.9 Å². The Labute approximate surface area is 190 Å². The Morgan fingerprint density at radius 1 is 1.14 bits per heavy atom. The van der Waals surface area contributed by atoms with E-state index in [0.29, 0.717) is 5.92 Å². The number of hydrogen-bond donors (Lipinski definition) is 2. The van der Waals surface area contributed by atoms with Crippen LogP contribution in [0.5, 0.6) is 0 Å². The van der Waals surface area contributed by atoms with Crippen LogP contribution in [0.2, 0.25) is 0 Å². The molecule has 6 heteroatoms. The zero-order valence-electron chi connectivity index (χ0n) is 17.0. The van der Waals surface area contributed by atoms with E-state index in [9.17, 15) is 0 Å². The number of nitrogens with one attached hydrogen (secondary N) is 2. The summed E-state index contributed by atoms with van der Waals surface area (Å²) in [4.78, 5) is 7.15. The van der Waals surface area contributed by atoms with Gasteiger partial charge in [-0.1, -0.05) is 36.8 Å². The Bertz CT molecular complexity index is 744. The lowest BCUT2D eigenvalue weighted by Gasteiger charge is -2.32. The highest BCUT2D eigenvalue weighted by atomic mass is 127. The molecule has 4 nitrogen and oxygen atoms in total. The van der Waals surface area contributed by atoms with Crippen LogP contribution in [0.25, 0.3) is 0 Å². The lowest BCUT2D eigenvalue weighted by atomic mass is 9.89. The molecule has 1 aliphatic rings. The molecule has 2 N–H and O–H groups in total. The average molecular weight is 513 g/mol. The molecule has 28 heavy (non-hydrogen) atoms. The second-order valence-corrected chi connectivity index (χ2v) is 8.39. The van der Waals surface area contributed by atoms with E-state index >= 15 is 0 Å². The molecule has 2 atom stereocenters. The summed E-state index contributed by atoms with van der Waals surface area (Å²) in [6, 6.07) is 13.2. The van der Waals surface area contributed by atoms with Gasteiger partial charge in [0.2, 0.25) is 0 Å². The minimum Gasteiger partial charge on any atom is -0.373 e. The Kier molecular flexibility index (Phi) is 9.74. The fourth-order valence-corrected chi connectivity index (χ4v) is 4.40. The van der Waals surface area contributed by atoms with Gasteiger partial charge in [0.1, 0.15) is 0 Å². The smallest absolute Gasteiger partial charge is 0.191 e. The molecule has 2 unspecified atom stereocenters. The van der Waals surface area contributed by atoms with Crippen molar-refractivity contribution in [1.82, 2.24) is 10.6 Å². The van der Waals surface area contributed by atoms with Gasteiger partial charge in [0.05, 0.1) is 12.6 Å². The molecular formula is C22H32IN3OS. The van der Waals surface area contributed by atoms with Crippen LogP contribution >= 0.6 is 35.3 Å². The Morgan fingerprint density at radius 3 is 2.57 bits per heavy atom. The summed E-state index contributed by atoms with van der Waals surface area (Å²) in [5.74, 6) is 1.31. The van der Waals surface area contributed by atoms with Crippen molar-refractivity contribution in [1.29, 1.82) is 0 Å². The number of guanidine groups is 1. The highest BCUT2D eigenvalue weighted by Gasteiger charge is 2.27. The molecule has 154 valence electrons. The number of benzene rings is 1. The van der Waals surface area contributed by atoms with E-state index in [4.69, 9.17) is 4.74 Å². The van der Waals surface area contributed by atoms with Crippen molar-refractivity contribution in [2.75, 3.05) is 20.2 Å². The minimum absolute atomic E-state index is 0. The number of hydrogen-bond acceptors (Lipinski definition) is 3. The van der Waals surface area contributed by atoms with E-state index in [2.05, 4.69) is 65.9 Å². The number of rotatable bonds is 6. The first-order chi connectivity index (χ1) is 13.2. The van der Waals surface area contributed by atoms with Crippen molar-refractivity contribution in [2.45, 2.75) is 45.8 Å². The van der Waals surface area contributed by atoms with Crippen molar-refractivity contribution in [3.05, 3.63) is 57.3 Å². The van der Waals surface area contributed by atoms with E-state index in [0.717, 1.165) is 38.5 Å². The minimum atomic E-state index is 0. The zero-order valence-corrected chi connectivity index (χ0v) is 20.2. The molecule has 2 aromatic rings. The van der Waals surface area contributed by atoms with Crippen LogP contribution in [0.1, 0.15) is 46.8 Å². The van der Waals surface area contributed by atoms with E-state index < -0.39 is 0 Å². The number of nitrogens with zero attached hydrogens (tertiary/aromatic N) is 1. The molecule has 1 fully saturated rings. The highest BCUT2D eigenvalue weighted by Crippen LogP contribution is 2.33. The lowest BCUT2D eigenvalue weighted by Crippen LogP contribution is -2.41. The number of thiophene rings is 1. The quantitative estimate of drug-likeness (QED) is 0.322. The summed E-state index contributed by atoms with van der Waals surface area (Å²) in [5, 5.41) is 6.94. The largest absolute Gasteiger partial charge is 0.373 e. The van der Waals surface area contributed by atoms with Gasteiger partial charge in [-0.25, -0.2) is 0 Å². The van der Waals surface area contributed by atoms with Crippen molar-refractivity contribution < 1.29 is 4.74 Å². The maximum Gasteiger partial charge on any atom is 0.191 e. The zero-order chi connectivity index (χ0) is 19.1. The van der Waals surface area contributed by atoms with Crippen LogP contribution in [0, 0.1) is 12.8 Å². The Balaban J connectivity index is 0.00000280. The summed E-state index contributed by atoms with van der Waals surface area (Å²) >= 11 is 1.87. The van der Waals surface area contributed by atoms with Gasteiger partial charge in [-0.15, -0.1) is 35.3 Å². The van der Waals surface area contributed by atoms with E-state index in [1.807, 2.05) is 18.4 Å². The Morgan fingerprint density at radius 2 is 1.89 bits per heavy atom. The third-order valence-electron chi connectivity index (χ3n) is 5.10. The van der Waals surface area contributed by atoms with Crippen molar-refractivity contribution in [3.63, 3.8) is 0 Å². The van der Waals surface area contributed by atoms with Crippen LogP contribution in [0.4, 0.5) is 0 Å². The van der Waals surface area contributed by atoms with Gasteiger partial charge in [0.15, 0.2) is 5.96 Å². The number of aryl methyl sites for hydroxylation is 2. The lowest BCUT2D eigenvalue weighted by molar-refractivity contribution is -0.0265. The summed E-state index contributed by atoms with van der Waals surface area (Å²) in [6.07, 6.45) is 3.55. The van der Waals surface area contributed by atoms with Crippen molar-refractivity contribution >= 4 is 41.3 Å². The monoisotopic (exact) mass is 513 g/mol. The van der Waals surface area contributed by atoms with Gasteiger partial charge in [-0.3, -0.25) is 4.99 Å². The molecule has 2 heterocycles. The normalized spacial score (nSPS) is 19.8. The predicted octanol–water partition coefficient (Wildman–Crippen LogP) is 5.07. The highest BCUT2D eigenvalue weighted by molar-refractivity contribution is 14.0. The summed E-state index contributed by atoms with van der Waals surface area (Å²) < 4.78 is 6.13. The molecule has 1 saturated heterocycles. The molecule has 0 spiro atoms. The summed E-state index contributed by atoms with van der Waals surface area (Å²) in [5.41, 5.74) is 2.56. The van der Waals surface area contributed by atoms with Gasteiger partial charge in [-0.05, 0) is 43.9 Å². The third-order valence-corrected chi connectivity index (χ3v) is 6.33. The van der Waals surface area contributed by atoms with Crippen molar-refractivity contribution in [3.8, 4) is 0 Å². The van der Waals surface area contributed by atoms with Crippen LogP contribution < -0.4 is 10.6 Å². The number of halogens is 1. The molecule has 0 bridgehead atoms. The molecule has 0 aliphatic carbocycles. The van der Waals surface area contributed by atoms with Crippen LogP contribution in [0.15, 0.2) is 41.4 Å². The SMILES string of the molecule is CCc1ccc(CNC(=NC)NCC2CCCOC2c2ccc(C)cc2)s1.I. The molecular weight excluding hydrogens is 481 g/mol. The van der Waals surface area contributed by atoms with Gasteiger partial charge in [0.25, 0.3) is 0 Å². The predicted molar refractivity (Wildman–Crippen MR) is 130 cm³/mol. The molecule has 1 aliphatic heterocycles. The maximum atomic E-state index is 6.13. The molecule has 0 radical (unpaired) electrons. The molecule has 1 aromatic heterocycles. The molecule has 3 rings (SSSR count). The van der Waals surface area contributed by atoms with E-state index in [1.165, 1.54) is 27.3 Å². The van der Waals surface area contributed by atoms with Crippen LogP contribution in [-0.4, -0.2) is 26.2 Å². The standard InChI is InChI=1S/C22H31N3OS.HI/c1-4-19-11-12-20(27-19)15-25-22(23-3)24-14-18-6-5-13-26-21(18)17-9-7-16(2)8-10-17;/h7-12,18,21H,4-6,13-15H2,1-3H3,(H2,23,24,25);1H. The van der Waals surface area contributed by atoms with E-state index in [1.54, 1.807) is 0 Å². The van der Waals surface area contributed by atoms with Gasteiger partial charge < -0.3 is 15.4 Å². The van der Waals surface area contributed by atoms with Gasteiger partial charge in [0, 0.05) is 35.9 Å². The fourth-order valence-electron chi connectivity index (χ4n) is 3.50. The van der Waals surface area contributed by atoms with Gasteiger partial charge >= 0.3 is 0 Å². The third kappa shape index (κ3) is 6.46. The first-order valence-corrected chi connectivity index (χ1v) is 10.7. The maximum absolute atomic E-state index is 6.13. The summed E-state index contributed by atoms with van der Waals surface area (Å²) in [6.45, 7) is 6.84. The first-order valence-electron chi connectivity index (χ1n) is 9.90. The molecule has 1 aromatic carbocycles. The second-order valence-electron chi connectivity index (χ2n) is 7.13. The number of ether oxygens (including phenoxy) is 1. The second kappa shape index (κ2) is 11.8.